The molecule has 0 radical (unpaired) electrons. The predicted molar refractivity (Wildman–Crippen MR) is 156 cm³/mol. The minimum atomic E-state index is -0.298. The smallest absolute Gasteiger partial charge is 0.256 e. The quantitative estimate of drug-likeness (QED) is 0.165. The van der Waals surface area contributed by atoms with Gasteiger partial charge in [0.2, 0.25) is 11.9 Å². The van der Waals surface area contributed by atoms with Crippen molar-refractivity contribution in [2.45, 2.75) is 34.6 Å². The van der Waals surface area contributed by atoms with Gasteiger partial charge in [0, 0.05) is 22.6 Å². The molecule has 0 fully saturated rings. The number of carbonyl (C=O) groups excluding carboxylic acids is 2. The number of nitrogens with one attached hydrogen (secondary N) is 3. The number of allylic oxidation sites excluding steroid dienone is 4. The number of amides is 2. The van der Waals surface area contributed by atoms with E-state index in [4.69, 9.17) is 0 Å². The standard InChI is InChI=1S/C30H32N6O2/c1-7-28(37)34-23-9-8-10-24(15-23)36-30-31-17-26(18-32-30)35-29(38)27-16-25(14-13-21(27)5)33-22(6)20(4)12-11-19(2)3/h7-18H,1H2,2-6H3,(H,34,37)(H,35,38)(H,31,32,36)/b20-12+,33-22?. The fraction of sp³-hybridized carbons (Fsp3) is 0.167. The van der Waals surface area contributed by atoms with Crippen molar-refractivity contribution in [1.29, 1.82) is 0 Å². The number of carbonyl (C=O) groups is 2. The summed E-state index contributed by atoms with van der Waals surface area (Å²) in [4.78, 5) is 37.8. The van der Waals surface area contributed by atoms with Crippen molar-refractivity contribution in [3.63, 3.8) is 0 Å². The first kappa shape index (κ1) is 27.7. The maximum absolute atomic E-state index is 13.0. The first-order chi connectivity index (χ1) is 18.1. The second-order valence-electron chi connectivity index (χ2n) is 8.94. The molecule has 0 aliphatic rings. The fourth-order valence-electron chi connectivity index (χ4n) is 3.27. The SMILES string of the molecule is C=CC(=O)Nc1cccc(Nc2ncc(NC(=O)c3cc(N=C(C)/C(C)=C/C=C(C)C)ccc3C)cn2)c1. The second kappa shape index (κ2) is 12.9. The summed E-state index contributed by atoms with van der Waals surface area (Å²) in [5, 5.41) is 8.62. The van der Waals surface area contributed by atoms with Crippen LogP contribution in [-0.4, -0.2) is 27.5 Å². The van der Waals surface area contributed by atoms with Gasteiger partial charge in [-0.1, -0.05) is 36.4 Å². The molecular weight excluding hydrogens is 476 g/mol. The molecule has 0 spiro atoms. The number of hydrogen-bond acceptors (Lipinski definition) is 6. The van der Waals surface area contributed by atoms with Gasteiger partial charge < -0.3 is 16.0 Å². The lowest BCUT2D eigenvalue weighted by Crippen LogP contribution is -2.14. The number of aromatic nitrogens is 2. The summed E-state index contributed by atoms with van der Waals surface area (Å²) < 4.78 is 0. The molecule has 0 aliphatic heterocycles. The third kappa shape index (κ3) is 8.09. The zero-order chi connectivity index (χ0) is 27.7. The van der Waals surface area contributed by atoms with Gasteiger partial charge in [-0.15, -0.1) is 0 Å². The Bertz CT molecular complexity index is 1430. The molecule has 3 aromatic rings. The Morgan fingerprint density at radius 1 is 0.895 bits per heavy atom. The van der Waals surface area contributed by atoms with Crippen LogP contribution in [-0.2, 0) is 4.79 Å². The van der Waals surface area contributed by atoms with E-state index in [2.05, 4.69) is 37.5 Å². The highest BCUT2D eigenvalue weighted by Gasteiger charge is 2.12. The average molecular weight is 509 g/mol. The van der Waals surface area contributed by atoms with Crippen LogP contribution in [0.25, 0.3) is 0 Å². The highest BCUT2D eigenvalue weighted by molar-refractivity contribution is 6.06. The molecule has 0 atom stereocenters. The molecule has 38 heavy (non-hydrogen) atoms. The molecule has 8 nitrogen and oxygen atoms in total. The van der Waals surface area contributed by atoms with Gasteiger partial charge in [0.25, 0.3) is 5.91 Å². The number of nitrogens with zero attached hydrogens (tertiary/aromatic N) is 3. The van der Waals surface area contributed by atoms with Gasteiger partial charge in [0.1, 0.15) is 0 Å². The van der Waals surface area contributed by atoms with Crippen LogP contribution in [0.5, 0.6) is 0 Å². The Balaban J connectivity index is 1.70. The predicted octanol–water partition coefficient (Wildman–Crippen LogP) is 6.91. The largest absolute Gasteiger partial charge is 0.324 e. The molecule has 3 rings (SSSR count). The Morgan fingerprint density at radius 3 is 2.29 bits per heavy atom. The molecule has 2 amide bonds. The third-order valence-electron chi connectivity index (χ3n) is 5.48. The summed E-state index contributed by atoms with van der Waals surface area (Å²) >= 11 is 0. The minimum absolute atomic E-state index is 0.274. The maximum atomic E-state index is 13.0. The molecular formula is C30H32N6O2. The Kier molecular flexibility index (Phi) is 9.42. The molecule has 1 heterocycles. The fourth-order valence-corrected chi connectivity index (χ4v) is 3.27. The first-order valence-corrected chi connectivity index (χ1v) is 12.1. The lowest BCUT2D eigenvalue weighted by molar-refractivity contribution is -0.111. The van der Waals surface area contributed by atoms with Crippen molar-refractivity contribution >= 4 is 46.2 Å². The Labute approximate surface area is 223 Å². The van der Waals surface area contributed by atoms with Gasteiger partial charge in [0.05, 0.1) is 23.8 Å². The lowest BCUT2D eigenvalue weighted by Gasteiger charge is -2.10. The molecule has 194 valence electrons. The highest BCUT2D eigenvalue weighted by Crippen LogP contribution is 2.22. The molecule has 0 saturated heterocycles. The van der Waals surface area contributed by atoms with Crippen LogP contribution in [0.15, 0.2) is 95.8 Å². The van der Waals surface area contributed by atoms with E-state index in [1.807, 2.05) is 65.0 Å². The molecule has 0 aliphatic carbocycles. The normalized spacial score (nSPS) is 11.4. The van der Waals surface area contributed by atoms with Crippen LogP contribution in [0.1, 0.15) is 43.6 Å². The molecule has 0 unspecified atom stereocenters. The first-order valence-electron chi connectivity index (χ1n) is 12.1. The maximum Gasteiger partial charge on any atom is 0.256 e. The van der Waals surface area contributed by atoms with Crippen molar-refractivity contribution in [2.75, 3.05) is 16.0 Å². The van der Waals surface area contributed by atoms with Crippen LogP contribution >= 0.6 is 0 Å². The Hall–Kier alpha value is -4.85. The molecule has 0 bridgehead atoms. The highest BCUT2D eigenvalue weighted by atomic mass is 16.2. The molecule has 3 N–H and O–H groups in total. The second-order valence-corrected chi connectivity index (χ2v) is 8.94. The monoisotopic (exact) mass is 508 g/mol. The van der Waals surface area contributed by atoms with Crippen molar-refractivity contribution in [1.82, 2.24) is 9.97 Å². The van der Waals surface area contributed by atoms with Crippen LogP contribution in [0.2, 0.25) is 0 Å². The van der Waals surface area contributed by atoms with E-state index in [0.29, 0.717) is 34.3 Å². The van der Waals surface area contributed by atoms with Gasteiger partial charge in [-0.2, -0.15) is 0 Å². The number of aryl methyl sites for hydroxylation is 1. The van der Waals surface area contributed by atoms with E-state index in [0.717, 1.165) is 16.8 Å². The van der Waals surface area contributed by atoms with Crippen molar-refractivity contribution in [3.8, 4) is 0 Å². The number of anilines is 4. The van der Waals surface area contributed by atoms with E-state index in [-0.39, 0.29) is 11.8 Å². The number of rotatable bonds is 9. The lowest BCUT2D eigenvalue weighted by atomic mass is 10.1. The van der Waals surface area contributed by atoms with Crippen LogP contribution < -0.4 is 16.0 Å². The van der Waals surface area contributed by atoms with Crippen LogP contribution in [0, 0.1) is 6.92 Å². The molecule has 1 aromatic heterocycles. The van der Waals surface area contributed by atoms with E-state index < -0.39 is 0 Å². The average Bonchev–Trinajstić information content (AvgIpc) is 2.89. The van der Waals surface area contributed by atoms with Gasteiger partial charge in [0.15, 0.2) is 0 Å². The zero-order valence-electron chi connectivity index (χ0n) is 22.3. The van der Waals surface area contributed by atoms with E-state index in [1.54, 1.807) is 24.3 Å². The summed E-state index contributed by atoms with van der Waals surface area (Å²) in [6.45, 7) is 13.4. The van der Waals surface area contributed by atoms with Gasteiger partial charge in [-0.05, 0) is 82.2 Å². The number of benzene rings is 2. The van der Waals surface area contributed by atoms with Crippen molar-refractivity contribution < 1.29 is 9.59 Å². The van der Waals surface area contributed by atoms with E-state index in [9.17, 15) is 9.59 Å². The van der Waals surface area contributed by atoms with E-state index >= 15 is 0 Å². The van der Waals surface area contributed by atoms with E-state index in [1.165, 1.54) is 24.0 Å². The van der Waals surface area contributed by atoms with Gasteiger partial charge in [-0.25, -0.2) is 9.97 Å². The Morgan fingerprint density at radius 2 is 1.61 bits per heavy atom. The summed E-state index contributed by atoms with van der Waals surface area (Å²) in [5.74, 6) is -0.230. The number of aliphatic imine (C=N–C) groups is 1. The molecule has 0 saturated carbocycles. The molecule has 8 heteroatoms. The summed E-state index contributed by atoms with van der Waals surface area (Å²) in [7, 11) is 0. The summed E-state index contributed by atoms with van der Waals surface area (Å²) in [6.07, 6.45) is 8.33. The number of hydrogen-bond donors (Lipinski definition) is 3. The van der Waals surface area contributed by atoms with Crippen molar-refractivity contribution in [2.24, 2.45) is 4.99 Å². The zero-order valence-corrected chi connectivity index (χ0v) is 22.3. The topological polar surface area (TPSA) is 108 Å². The minimum Gasteiger partial charge on any atom is -0.324 e. The van der Waals surface area contributed by atoms with Crippen LogP contribution in [0.4, 0.5) is 28.7 Å². The summed E-state index contributed by atoms with van der Waals surface area (Å²) in [6, 6.07) is 12.7. The third-order valence-corrected chi connectivity index (χ3v) is 5.48. The van der Waals surface area contributed by atoms with Crippen molar-refractivity contribution in [3.05, 3.63) is 102 Å². The van der Waals surface area contributed by atoms with Crippen LogP contribution in [0.3, 0.4) is 0 Å². The molecule has 2 aromatic carbocycles. The van der Waals surface area contributed by atoms with Gasteiger partial charge in [-0.3, -0.25) is 14.6 Å². The van der Waals surface area contributed by atoms with Gasteiger partial charge >= 0.3 is 0 Å². The summed E-state index contributed by atoms with van der Waals surface area (Å²) in [5.41, 5.74) is 6.95.